The first-order valence-electron chi connectivity index (χ1n) is 6.68. The van der Waals surface area contributed by atoms with Crippen LogP contribution in [0.25, 0.3) is 0 Å². The van der Waals surface area contributed by atoms with Gasteiger partial charge in [0.25, 0.3) is 5.91 Å². The highest BCUT2D eigenvalue weighted by Crippen LogP contribution is 2.18. The molecular formula is C16H17FN2O3. The van der Waals surface area contributed by atoms with E-state index in [0.29, 0.717) is 28.4 Å². The Morgan fingerprint density at radius 2 is 2.05 bits per heavy atom. The maximum absolute atomic E-state index is 13.7. The van der Waals surface area contributed by atoms with Gasteiger partial charge in [0.1, 0.15) is 11.5 Å². The number of ether oxygens (including phenoxy) is 1. The molecule has 5 nitrogen and oxygen atoms in total. The maximum atomic E-state index is 13.7. The fraction of sp³-hybridized carbons (Fsp3) is 0.250. The molecule has 1 aromatic carbocycles. The Kier molecular flexibility index (Phi) is 4.60. The molecular weight excluding hydrogens is 287 g/mol. The molecule has 0 saturated carbocycles. The number of rotatable bonds is 4. The van der Waals surface area contributed by atoms with E-state index in [1.165, 1.54) is 19.2 Å². The Morgan fingerprint density at radius 1 is 1.32 bits per heavy atom. The zero-order chi connectivity index (χ0) is 16.3. The normalized spacial score (nSPS) is 11.4. The minimum Gasteiger partial charge on any atom is -0.494 e. The van der Waals surface area contributed by atoms with Crippen LogP contribution in [0.5, 0.6) is 5.75 Å². The molecule has 0 radical (unpaired) electrons. The van der Waals surface area contributed by atoms with Crippen LogP contribution in [-0.4, -0.2) is 18.7 Å². The van der Waals surface area contributed by atoms with Gasteiger partial charge in [0.15, 0.2) is 11.6 Å². The van der Waals surface area contributed by atoms with Crippen LogP contribution in [0.1, 0.15) is 34.4 Å². The van der Waals surface area contributed by atoms with E-state index in [1.54, 1.807) is 32.9 Å². The van der Waals surface area contributed by atoms with Gasteiger partial charge in [0.05, 0.1) is 18.4 Å². The highest BCUT2D eigenvalue weighted by Gasteiger charge is 2.13. The lowest BCUT2D eigenvalue weighted by Gasteiger charge is -2.05. The van der Waals surface area contributed by atoms with E-state index in [1.807, 2.05) is 0 Å². The molecule has 116 valence electrons. The Hall–Kier alpha value is -2.63. The van der Waals surface area contributed by atoms with Gasteiger partial charge in [-0.2, -0.15) is 5.10 Å². The predicted molar refractivity (Wildman–Crippen MR) is 80.8 cm³/mol. The monoisotopic (exact) mass is 304 g/mol. The number of carbonyl (C=O) groups is 1. The summed E-state index contributed by atoms with van der Waals surface area (Å²) in [7, 11) is 1.40. The maximum Gasteiger partial charge on any atom is 0.274 e. The Balaban J connectivity index is 2.14. The number of methoxy groups -OCH3 is 1. The number of carbonyl (C=O) groups excluding carboxylic acids is 1. The van der Waals surface area contributed by atoms with Crippen LogP contribution in [0.15, 0.2) is 33.8 Å². The molecule has 1 heterocycles. The summed E-state index contributed by atoms with van der Waals surface area (Å²) >= 11 is 0. The molecule has 0 bridgehead atoms. The summed E-state index contributed by atoms with van der Waals surface area (Å²) in [4.78, 5) is 12.0. The minimum absolute atomic E-state index is 0.157. The summed E-state index contributed by atoms with van der Waals surface area (Å²) in [5.41, 5.74) is 3.89. The van der Waals surface area contributed by atoms with Gasteiger partial charge in [-0.3, -0.25) is 4.79 Å². The number of aryl methyl sites for hydroxylation is 2. The first-order chi connectivity index (χ1) is 10.4. The first kappa shape index (κ1) is 15.8. The molecule has 0 spiro atoms. The third kappa shape index (κ3) is 3.33. The summed E-state index contributed by atoms with van der Waals surface area (Å²) in [5, 5.41) is 3.99. The molecule has 0 saturated heterocycles. The van der Waals surface area contributed by atoms with Crippen molar-refractivity contribution in [3.63, 3.8) is 0 Å². The lowest BCUT2D eigenvalue weighted by Crippen LogP contribution is -2.19. The average Bonchev–Trinajstić information content (AvgIpc) is 2.83. The number of furan rings is 1. The van der Waals surface area contributed by atoms with Crippen LogP contribution in [0.2, 0.25) is 0 Å². The van der Waals surface area contributed by atoms with Crippen LogP contribution in [0, 0.1) is 19.7 Å². The number of hydrogen-bond acceptors (Lipinski definition) is 4. The topological polar surface area (TPSA) is 63.8 Å². The molecule has 2 aromatic rings. The molecule has 0 unspecified atom stereocenters. The molecule has 6 heteroatoms. The van der Waals surface area contributed by atoms with Gasteiger partial charge in [-0.15, -0.1) is 0 Å². The molecule has 1 N–H and O–H groups in total. The second kappa shape index (κ2) is 6.43. The number of halogens is 1. The Morgan fingerprint density at radius 3 is 2.59 bits per heavy atom. The molecule has 1 amide bonds. The molecule has 1 aromatic heterocycles. The number of hydrogen-bond donors (Lipinski definition) is 1. The summed E-state index contributed by atoms with van der Waals surface area (Å²) in [6.07, 6.45) is 0. The molecule has 0 aliphatic carbocycles. The van der Waals surface area contributed by atoms with Crippen molar-refractivity contribution in [2.75, 3.05) is 7.11 Å². The van der Waals surface area contributed by atoms with Gasteiger partial charge in [-0.05, 0) is 45.0 Å². The van der Waals surface area contributed by atoms with Crippen LogP contribution in [-0.2, 0) is 0 Å². The van der Waals surface area contributed by atoms with Crippen molar-refractivity contribution >= 4 is 11.6 Å². The van der Waals surface area contributed by atoms with Crippen molar-refractivity contribution in [3.05, 3.63) is 52.7 Å². The minimum atomic E-state index is -0.484. The van der Waals surface area contributed by atoms with Crippen molar-refractivity contribution < 1.29 is 18.3 Å². The Labute approximate surface area is 127 Å². The number of nitrogens with one attached hydrogen (secondary N) is 1. The van der Waals surface area contributed by atoms with Gasteiger partial charge in [0.2, 0.25) is 0 Å². The van der Waals surface area contributed by atoms with Gasteiger partial charge >= 0.3 is 0 Å². The van der Waals surface area contributed by atoms with Crippen molar-refractivity contribution in [1.82, 2.24) is 5.43 Å². The zero-order valence-corrected chi connectivity index (χ0v) is 12.9. The van der Waals surface area contributed by atoms with E-state index in [2.05, 4.69) is 10.5 Å². The average molecular weight is 304 g/mol. The van der Waals surface area contributed by atoms with E-state index >= 15 is 0 Å². The lowest BCUT2D eigenvalue weighted by molar-refractivity contribution is 0.0953. The molecule has 2 rings (SSSR count). The summed E-state index contributed by atoms with van der Waals surface area (Å²) in [5.74, 6) is 0.480. The quantitative estimate of drug-likeness (QED) is 0.697. The summed E-state index contributed by atoms with van der Waals surface area (Å²) in [6.45, 7) is 5.14. The first-order valence-corrected chi connectivity index (χ1v) is 6.68. The fourth-order valence-electron chi connectivity index (χ4n) is 2.01. The number of benzene rings is 1. The van der Waals surface area contributed by atoms with E-state index in [0.717, 1.165) is 0 Å². The van der Waals surface area contributed by atoms with E-state index in [-0.39, 0.29) is 11.7 Å². The molecule has 0 fully saturated rings. The second-order valence-corrected chi connectivity index (χ2v) is 4.81. The number of hydrazone groups is 1. The van der Waals surface area contributed by atoms with Gasteiger partial charge in [-0.25, -0.2) is 9.82 Å². The molecule has 22 heavy (non-hydrogen) atoms. The Bertz CT molecular complexity index is 735. The van der Waals surface area contributed by atoms with Crippen LogP contribution < -0.4 is 10.2 Å². The van der Waals surface area contributed by atoms with Crippen LogP contribution in [0.3, 0.4) is 0 Å². The third-order valence-corrected chi connectivity index (χ3v) is 3.18. The van der Waals surface area contributed by atoms with Gasteiger partial charge in [0, 0.05) is 5.56 Å². The SMILES string of the molecule is COc1ccc(/C(C)=N\NC(=O)c2cc(C)oc2C)cc1F. The number of amides is 1. The lowest BCUT2D eigenvalue weighted by atomic mass is 10.1. The molecule has 0 aliphatic heterocycles. The zero-order valence-electron chi connectivity index (χ0n) is 12.9. The van der Waals surface area contributed by atoms with Crippen molar-refractivity contribution in [1.29, 1.82) is 0 Å². The molecule has 0 aliphatic rings. The van der Waals surface area contributed by atoms with E-state index in [9.17, 15) is 9.18 Å². The second-order valence-electron chi connectivity index (χ2n) is 4.81. The van der Waals surface area contributed by atoms with E-state index in [4.69, 9.17) is 9.15 Å². The van der Waals surface area contributed by atoms with Crippen molar-refractivity contribution in [3.8, 4) is 5.75 Å². The van der Waals surface area contributed by atoms with Crippen LogP contribution >= 0.6 is 0 Å². The fourth-order valence-corrected chi connectivity index (χ4v) is 2.01. The highest BCUT2D eigenvalue weighted by atomic mass is 19.1. The molecule has 0 atom stereocenters. The smallest absolute Gasteiger partial charge is 0.274 e. The summed E-state index contributed by atoms with van der Waals surface area (Å²) < 4.78 is 23.8. The predicted octanol–water partition coefficient (Wildman–Crippen LogP) is 3.20. The van der Waals surface area contributed by atoms with Crippen molar-refractivity contribution in [2.45, 2.75) is 20.8 Å². The van der Waals surface area contributed by atoms with Gasteiger partial charge < -0.3 is 9.15 Å². The van der Waals surface area contributed by atoms with E-state index < -0.39 is 5.82 Å². The van der Waals surface area contributed by atoms with Gasteiger partial charge in [-0.1, -0.05) is 0 Å². The highest BCUT2D eigenvalue weighted by molar-refractivity contribution is 6.01. The standard InChI is InChI=1S/C16H17FN2O3/c1-9-7-13(11(3)22-9)16(20)19-18-10(2)12-5-6-15(21-4)14(17)8-12/h5-8H,1-4H3,(H,19,20)/b18-10-. The number of nitrogens with zero attached hydrogens (tertiary/aromatic N) is 1. The third-order valence-electron chi connectivity index (χ3n) is 3.18. The van der Waals surface area contributed by atoms with Crippen LogP contribution in [0.4, 0.5) is 4.39 Å². The summed E-state index contributed by atoms with van der Waals surface area (Å²) in [6, 6.07) is 6.12. The largest absolute Gasteiger partial charge is 0.494 e. The van der Waals surface area contributed by atoms with Crippen molar-refractivity contribution in [2.24, 2.45) is 5.10 Å².